The van der Waals surface area contributed by atoms with Gasteiger partial charge in [-0.15, -0.1) is 0 Å². The van der Waals surface area contributed by atoms with Gasteiger partial charge in [-0.05, 0) is 32.1 Å². The third-order valence-corrected chi connectivity index (χ3v) is 7.35. The number of ether oxygens (including phenoxy) is 10. The summed E-state index contributed by atoms with van der Waals surface area (Å²) in [7, 11) is 0. The molecule has 0 spiro atoms. The second-order valence-electron chi connectivity index (χ2n) is 11.8. The van der Waals surface area contributed by atoms with Crippen LogP contribution in [0.1, 0.15) is 96.8 Å². The second-order valence-corrected chi connectivity index (χ2v) is 11.8. The van der Waals surface area contributed by atoms with Gasteiger partial charge in [0.2, 0.25) is 0 Å². The third kappa shape index (κ3) is 44.8. The van der Waals surface area contributed by atoms with Crippen LogP contribution in [0.2, 0.25) is 0 Å². The molecular formula is C38H74O12. The Kier molecular flexibility index (Phi) is 44.7. The summed E-state index contributed by atoms with van der Waals surface area (Å²) in [4.78, 5) is 11.9. The molecule has 0 unspecified atom stereocenters. The number of esters is 1. The van der Waals surface area contributed by atoms with Crippen LogP contribution in [0.5, 0.6) is 0 Å². The van der Waals surface area contributed by atoms with E-state index in [0.717, 1.165) is 12.8 Å². The predicted octanol–water partition coefficient (Wildman–Crippen LogP) is 5.71. The van der Waals surface area contributed by atoms with Crippen molar-refractivity contribution in [3.8, 4) is 0 Å². The van der Waals surface area contributed by atoms with Crippen LogP contribution >= 0.6 is 0 Å². The van der Waals surface area contributed by atoms with E-state index in [-0.39, 0.29) is 19.2 Å². The predicted molar refractivity (Wildman–Crippen MR) is 195 cm³/mol. The van der Waals surface area contributed by atoms with Gasteiger partial charge in [0.05, 0.1) is 126 Å². The van der Waals surface area contributed by atoms with Crippen molar-refractivity contribution in [2.24, 2.45) is 0 Å². The number of rotatable bonds is 44. The van der Waals surface area contributed by atoms with E-state index < -0.39 is 0 Å². The molecule has 0 amide bonds. The number of carbonyl (C=O) groups is 1. The number of hydrogen-bond donors (Lipinski definition) is 1. The number of aliphatic hydroxyl groups excluding tert-OH is 1. The summed E-state index contributed by atoms with van der Waals surface area (Å²) in [5, 5.41) is 8.59. The molecule has 0 saturated heterocycles. The van der Waals surface area contributed by atoms with Gasteiger partial charge < -0.3 is 52.5 Å². The number of aliphatic hydroxyl groups is 1. The van der Waals surface area contributed by atoms with Gasteiger partial charge in [0.15, 0.2) is 0 Å². The van der Waals surface area contributed by atoms with Crippen molar-refractivity contribution in [1.29, 1.82) is 0 Å². The molecule has 0 heterocycles. The van der Waals surface area contributed by atoms with Crippen LogP contribution in [0.15, 0.2) is 12.2 Å². The highest BCUT2D eigenvalue weighted by molar-refractivity contribution is 5.69. The first-order valence-corrected chi connectivity index (χ1v) is 19.4. The summed E-state index contributed by atoms with van der Waals surface area (Å²) in [6.45, 7) is 11.1. The maximum absolute atomic E-state index is 11.9. The molecule has 0 aliphatic rings. The lowest BCUT2D eigenvalue weighted by atomic mass is 10.1. The molecule has 0 fully saturated rings. The molecule has 1 N–H and O–H groups in total. The number of carbonyl (C=O) groups excluding carboxylic acids is 1. The molecule has 0 aromatic rings. The van der Waals surface area contributed by atoms with Gasteiger partial charge >= 0.3 is 5.97 Å². The Morgan fingerprint density at radius 3 is 1.06 bits per heavy atom. The van der Waals surface area contributed by atoms with E-state index in [2.05, 4.69) is 19.1 Å². The van der Waals surface area contributed by atoms with Crippen molar-refractivity contribution < 1.29 is 57.3 Å². The van der Waals surface area contributed by atoms with E-state index in [1.54, 1.807) is 0 Å². The first-order chi connectivity index (χ1) is 24.8. The minimum Gasteiger partial charge on any atom is -0.463 e. The van der Waals surface area contributed by atoms with Gasteiger partial charge in [-0.2, -0.15) is 0 Å². The smallest absolute Gasteiger partial charge is 0.305 e. The molecule has 0 atom stereocenters. The molecule has 0 aliphatic carbocycles. The molecule has 0 radical (unpaired) electrons. The van der Waals surface area contributed by atoms with Gasteiger partial charge in [0, 0.05) is 6.42 Å². The van der Waals surface area contributed by atoms with Crippen molar-refractivity contribution in [2.75, 3.05) is 132 Å². The van der Waals surface area contributed by atoms with Crippen LogP contribution in [0.25, 0.3) is 0 Å². The summed E-state index contributed by atoms with van der Waals surface area (Å²) in [5.74, 6) is -0.142. The Balaban J connectivity index is 3.15. The average molecular weight is 723 g/mol. The minimum absolute atomic E-state index is 0.0242. The number of unbranched alkanes of at least 4 members (excludes halogenated alkanes) is 11. The number of hydrogen-bond acceptors (Lipinski definition) is 12. The summed E-state index contributed by atoms with van der Waals surface area (Å²) >= 11 is 0. The van der Waals surface area contributed by atoms with E-state index in [9.17, 15) is 4.79 Å². The number of allylic oxidation sites excluding steroid dienone is 2. The fourth-order valence-electron chi connectivity index (χ4n) is 4.55. The Morgan fingerprint density at radius 2 is 0.700 bits per heavy atom. The van der Waals surface area contributed by atoms with Crippen LogP contribution in [-0.2, 0) is 52.2 Å². The fourth-order valence-corrected chi connectivity index (χ4v) is 4.55. The topological polar surface area (TPSA) is 130 Å². The van der Waals surface area contributed by atoms with Gasteiger partial charge in [-0.1, -0.05) is 70.4 Å². The summed E-state index contributed by atoms with van der Waals surface area (Å²) in [5.41, 5.74) is 0. The summed E-state index contributed by atoms with van der Waals surface area (Å²) in [6, 6.07) is 0. The van der Waals surface area contributed by atoms with Gasteiger partial charge in [-0.25, -0.2) is 0 Å². The van der Waals surface area contributed by atoms with Crippen LogP contribution in [0.3, 0.4) is 0 Å². The van der Waals surface area contributed by atoms with Gasteiger partial charge in [-0.3, -0.25) is 4.79 Å². The molecule has 12 nitrogen and oxygen atoms in total. The maximum Gasteiger partial charge on any atom is 0.305 e. The van der Waals surface area contributed by atoms with E-state index in [0.29, 0.717) is 125 Å². The fraction of sp³-hybridized carbons (Fsp3) is 0.921. The highest BCUT2D eigenvalue weighted by Crippen LogP contribution is 2.10. The normalized spacial score (nSPS) is 11.6. The molecule has 0 saturated carbocycles. The second kappa shape index (κ2) is 45.8. The van der Waals surface area contributed by atoms with Gasteiger partial charge in [0.1, 0.15) is 6.61 Å². The van der Waals surface area contributed by atoms with Crippen molar-refractivity contribution in [3.63, 3.8) is 0 Å². The highest BCUT2D eigenvalue weighted by Gasteiger charge is 2.03. The largest absolute Gasteiger partial charge is 0.463 e. The van der Waals surface area contributed by atoms with Crippen molar-refractivity contribution in [1.82, 2.24) is 0 Å². The minimum atomic E-state index is -0.142. The van der Waals surface area contributed by atoms with E-state index in [1.807, 2.05) is 0 Å². The van der Waals surface area contributed by atoms with Gasteiger partial charge in [0.25, 0.3) is 0 Å². The first-order valence-electron chi connectivity index (χ1n) is 19.4. The van der Waals surface area contributed by atoms with E-state index in [4.69, 9.17) is 52.5 Å². The Hall–Kier alpha value is -1.19. The quantitative estimate of drug-likeness (QED) is 0.0470. The average Bonchev–Trinajstić information content (AvgIpc) is 3.12. The third-order valence-electron chi connectivity index (χ3n) is 7.35. The molecule has 0 aliphatic heterocycles. The SMILES string of the molecule is CCCCCCCC/C=C\CCCCCCCC(=O)OCCOCCOCCOCCOCCOCCOCCOCCOCCOCCO. The zero-order valence-corrected chi connectivity index (χ0v) is 31.6. The van der Waals surface area contributed by atoms with Crippen molar-refractivity contribution >= 4 is 5.97 Å². The van der Waals surface area contributed by atoms with E-state index in [1.165, 1.54) is 70.6 Å². The van der Waals surface area contributed by atoms with Crippen LogP contribution in [0.4, 0.5) is 0 Å². The summed E-state index contributed by atoms with van der Waals surface area (Å²) < 4.78 is 53.9. The van der Waals surface area contributed by atoms with E-state index >= 15 is 0 Å². The molecular weight excluding hydrogens is 648 g/mol. The maximum atomic E-state index is 11.9. The monoisotopic (exact) mass is 723 g/mol. The zero-order valence-electron chi connectivity index (χ0n) is 31.6. The standard InChI is InChI=1S/C38H74O12/c1-2-3-4-5-6-7-8-9-10-11-12-13-14-15-16-17-38(40)50-37-36-49-35-34-48-33-32-47-31-30-46-29-28-45-27-26-44-25-24-43-23-22-42-21-20-41-19-18-39/h9-10,39H,2-8,11-37H2,1H3/b10-9-. The lowest BCUT2D eigenvalue weighted by molar-refractivity contribution is -0.145. The lowest BCUT2D eigenvalue weighted by Crippen LogP contribution is -2.15. The highest BCUT2D eigenvalue weighted by atomic mass is 16.6. The molecule has 298 valence electrons. The van der Waals surface area contributed by atoms with Crippen molar-refractivity contribution in [3.05, 3.63) is 12.2 Å². The molecule has 0 aromatic carbocycles. The molecule has 0 aromatic heterocycles. The van der Waals surface area contributed by atoms with Crippen LogP contribution < -0.4 is 0 Å². The Labute approximate surface area is 304 Å². The van der Waals surface area contributed by atoms with Crippen molar-refractivity contribution in [2.45, 2.75) is 96.8 Å². The molecule has 0 rings (SSSR count). The first kappa shape index (κ1) is 48.8. The molecule has 12 heteroatoms. The van der Waals surface area contributed by atoms with Crippen LogP contribution in [0, 0.1) is 0 Å². The lowest BCUT2D eigenvalue weighted by Gasteiger charge is -2.09. The summed E-state index contributed by atoms with van der Waals surface area (Å²) in [6.07, 6.45) is 21.3. The molecule has 50 heavy (non-hydrogen) atoms. The Morgan fingerprint density at radius 1 is 0.400 bits per heavy atom. The zero-order chi connectivity index (χ0) is 36.1. The van der Waals surface area contributed by atoms with Crippen LogP contribution in [-0.4, -0.2) is 143 Å². The Bertz CT molecular complexity index is 668. The molecule has 0 bridgehead atoms.